The van der Waals surface area contributed by atoms with Gasteiger partial charge in [-0.05, 0) is 17.7 Å². The first kappa shape index (κ1) is 12.0. The Bertz CT molecular complexity index is 496. The SMILES string of the molecule is [N-]=[N+]=NCCC#Cc1ccc(F)c(F)c1F. The van der Waals surface area contributed by atoms with E-state index in [0.29, 0.717) is 0 Å². The van der Waals surface area contributed by atoms with Gasteiger partial charge in [-0.3, -0.25) is 0 Å². The first-order valence-corrected chi connectivity index (χ1v) is 4.30. The lowest BCUT2D eigenvalue weighted by atomic mass is 10.2. The molecule has 0 unspecified atom stereocenters. The Labute approximate surface area is 89.5 Å². The van der Waals surface area contributed by atoms with Crippen molar-refractivity contribution in [3.8, 4) is 11.8 Å². The van der Waals surface area contributed by atoms with Gasteiger partial charge in [-0.2, -0.15) is 0 Å². The third kappa shape index (κ3) is 2.94. The monoisotopic (exact) mass is 225 g/mol. The van der Waals surface area contributed by atoms with Crippen LogP contribution in [-0.2, 0) is 0 Å². The number of azide groups is 1. The van der Waals surface area contributed by atoms with Gasteiger partial charge in [0.05, 0.1) is 5.56 Å². The van der Waals surface area contributed by atoms with E-state index in [9.17, 15) is 13.2 Å². The Balaban J connectivity index is 2.81. The number of nitrogens with zero attached hydrogens (tertiary/aromatic N) is 3. The summed E-state index contributed by atoms with van der Waals surface area (Å²) in [4.78, 5) is 2.50. The molecule has 0 fully saturated rings. The molecule has 82 valence electrons. The van der Waals surface area contributed by atoms with Crippen molar-refractivity contribution < 1.29 is 13.2 Å². The molecule has 0 bridgehead atoms. The Hall–Kier alpha value is -2.12. The van der Waals surface area contributed by atoms with Crippen molar-refractivity contribution in [3.63, 3.8) is 0 Å². The molecular formula is C10H6F3N3. The molecule has 1 aromatic carbocycles. The molecule has 0 aliphatic carbocycles. The zero-order valence-corrected chi connectivity index (χ0v) is 8.04. The van der Waals surface area contributed by atoms with Gasteiger partial charge in [0.1, 0.15) is 0 Å². The lowest BCUT2D eigenvalue weighted by Crippen LogP contribution is -1.93. The standard InChI is InChI=1S/C10H6F3N3/c11-8-5-4-7(9(12)10(8)13)3-1-2-6-15-16-14/h4-5H,2,6H2. The molecule has 0 amide bonds. The molecular weight excluding hydrogens is 219 g/mol. The summed E-state index contributed by atoms with van der Waals surface area (Å²) < 4.78 is 38.3. The maximum absolute atomic E-state index is 13.0. The minimum absolute atomic E-state index is 0.148. The Morgan fingerprint density at radius 1 is 1.25 bits per heavy atom. The van der Waals surface area contributed by atoms with Gasteiger partial charge in [-0.25, -0.2) is 13.2 Å². The topological polar surface area (TPSA) is 48.8 Å². The first-order valence-electron chi connectivity index (χ1n) is 4.30. The van der Waals surface area contributed by atoms with Crippen LogP contribution in [0.15, 0.2) is 17.2 Å². The summed E-state index contributed by atoms with van der Waals surface area (Å²) in [5, 5.41) is 3.21. The highest BCUT2D eigenvalue weighted by molar-refractivity contribution is 5.36. The van der Waals surface area contributed by atoms with Gasteiger partial charge in [-0.1, -0.05) is 17.0 Å². The highest BCUT2D eigenvalue weighted by atomic mass is 19.2. The lowest BCUT2D eigenvalue weighted by Gasteiger charge is -1.96. The molecule has 0 atom stereocenters. The van der Waals surface area contributed by atoms with Crippen molar-refractivity contribution >= 4 is 0 Å². The van der Waals surface area contributed by atoms with Crippen molar-refractivity contribution in [1.82, 2.24) is 0 Å². The molecule has 1 aromatic rings. The summed E-state index contributed by atoms with van der Waals surface area (Å²) in [6, 6.07) is 1.85. The summed E-state index contributed by atoms with van der Waals surface area (Å²) in [7, 11) is 0. The summed E-state index contributed by atoms with van der Waals surface area (Å²) in [6.07, 6.45) is 0.225. The van der Waals surface area contributed by atoms with E-state index >= 15 is 0 Å². The minimum atomic E-state index is -1.54. The molecule has 0 aliphatic heterocycles. The second-order valence-electron chi connectivity index (χ2n) is 2.73. The number of benzene rings is 1. The van der Waals surface area contributed by atoms with E-state index in [2.05, 4.69) is 21.9 Å². The number of rotatable bonds is 2. The molecule has 3 nitrogen and oxygen atoms in total. The zero-order valence-electron chi connectivity index (χ0n) is 8.04. The zero-order chi connectivity index (χ0) is 12.0. The van der Waals surface area contributed by atoms with Crippen LogP contribution < -0.4 is 0 Å². The van der Waals surface area contributed by atoms with Crippen LogP contribution in [0.25, 0.3) is 10.4 Å². The molecule has 0 spiro atoms. The lowest BCUT2D eigenvalue weighted by molar-refractivity contribution is 0.446. The van der Waals surface area contributed by atoms with E-state index < -0.39 is 17.5 Å². The van der Waals surface area contributed by atoms with Gasteiger partial charge < -0.3 is 0 Å². The maximum Gasteiger partial charge on any atom is 0.195 e. The molecule has 0 saturated heterocycles. The van der Waals surface area contributed by atoms with Crippen LogP contribution in [-0.4, -0.2) is 6.54 Å². The predicted molar refractivity (Wildman–Crippen MR) is 51.8 cm³/mol. The largest absolute Gasteiger partial charge is 0.204 e. The van der Waals surface area contributed by atoms with Gasteiger partial charge in [-0.15, -0.1) is 0 Å². The van der Waals surface area contributed by atoms with Crippen LogP contribution in [0.4, 0.5) is 13.2 Å². The van der Waals surface area contributed by atoms with Crippen molar-refractivity contribution in [1.29, 1.82) is 0 Å². The fourth-order valence-electron chi connectivity index (χ4n) is 0.931. The van der Waals surface area contributed by atoms with Gasteiger partial charge >= 0.3 is 0 Å². The molecule has 6 heteroatoms. The molecule has 0 heterocycles. The molecule has 16 heavy (non-hydrogen) atoms. The van der Waals surface area contributed by atoms with Crippen LogP contribution in [0.1, 0.15) is 12.0 Å². The van der Waals surface area contributed by atoms with Gasteiger partial charge in [0.25, 0.3) is 0 Å². The average molecular weight is 225 g/mol. The fourth-order valence-corrected chi connectivity index (χ4v) is 0.931. The van der Waals surface area contributed by atoms with Crippen LogP contribution in [0, 0.1) is 29.3 Å². The van der Waals surface area contributed by atoms with E-state index in [1.54, 1.807) is 0 Å². The third-order valence-electron chi connectivity index (χ3n) is 1.66. The molecule has 0 aliphatic rings. The van der Waals surface area contributed by atoms with Crippen LogP contribution in [0.2, 0.25) is 0 Å². The molecule has 0 radical (unpaired) electrons. The van der Waals surface area contributed by atoms with E-state index in [4.69, 9.17) is 5.53 Å². The predicted octanol–water partition coefficient (Wildman–Crippen LogP) is 3.16. The van der Waals surface area contributed by atoms with Crippen LogP contribution in [0.3, 0.4) is 0 Å². The fraction of sp³-hybridized carbons (Fsp3) is 0.200. The molecule has 0 saturated carbocycles. The van der Waals surface area contributed by atoms with Gasteiger partial charge in [0.2, 0.25) is 0 Å². The highest BCUT2D eigenvalue weighted by Gasteiger charge is 2.11. The number of hydrogen-bond donors (Lipinski definition) is 0. The summed E-state index contributed by atoms with van der Waals surface area (Å²) in [5.74, 6) is 0.703. The third-order valence-corrected chi connectivity index (χ3v) is 1.66. The van der Waals surface area contributed by atoms with Gasteiger partial charge in [0, 0.05) is 17.9 Å². The van der Waals surface area contributed by atoms with Crippen molar-refractivity contribution in [2.45, 2.75) is 6.42 Å². The Morgan fingerprint density at radius 3 is 2.69 bits per heavy atom. The van der Waals surface area contributed by atoms with Crippen molar-refractivity contribution in [2.75, 3.05) is 6.54 Å². The quantitative estimate of drug-likeness (QED) is 0.185. The van der Waals surface area contributed by atoms with E-state index in [1.165, 1.54) is 0 Å². The smallest absolute Gasteiger partial charge is 0.195 e. The van der Waals surface area contributed by atoms with Crippen LogP contribution >= 0.6 is 0 Å². The molecule has 1 rings (SSSR count). The maximum atomic E-state index is 13.0. The van der Waals surface area contributed by atoms with Crippen molar-refractivity contribution in [2.24, 2.45) is 5.11 Å². The number of halogens is 3. The van der Waals surface area contributed by atoms with E-state index in [-0.39, 0.29) is 18.5 Å². The summed E-state index contributed by atoms with van der Waals surface area (Å²) in [6.45, 7) is 0.148. The summed E-state index contributed by atoms with van der Waals surface area (Å²) >= 11 is 0. The first-order chi connectivity index (χ1) is 7.66. The van der Waals surface area contributed by atoms with E-state index in [1.807, 2.05) is 0 Å². The highest BCUT2D eigenvalue weighted by Crippen LogP contribution is 2.13. The van der Waals surface area contributed by atoms with Gasteiger partial charge in [0.15, 0.2) is 17.5 Å². The minimum Gasteiger partial charge on any atom is -0.204 e. The normalized spacial score (nSPS) is 8.94. The van der Waals surface area contributed by atoms with E-state index in [0.717, 1.165) is 12.1 Å². The van der Waals surface area contributed by atoms with Crippen LogP contribution in [0.5, 0.6) is 0 Å². The van der Waals surface area contributed by atoms with Crippen molar-refractivity contribution in [3.05, 3.63) is 45.6 Å². The molecule has 0 N–H and O–H groups in total. The Kier molecular flexibility index (Phi) is 4.25. The average Bonchev–Trinajstić information content (AvgIpc) is 2.28. The molecule has 0 aromatic heterocycles. The Morgan fingerprint density at radius 2 is 2.00 bits per heavy atom. The number of hydrogen-bond acceptors (Lipinski definition) is 1. The second-order valence-corrected chi connectivity index (χ2v) is 2.73. The summed E-state index contributed by atoms with van der Waals surface area (Å²) in [5.41, 5.74) is 7.73. The second kappa shape index (κ2) is 5.69.